The molecule has 4 heterocycles. The summed E-state index contributed by atoms with van der Waals surface area (Å²) in [5.41, 5.74) is 0.838. The number of nitrogens with zero attached hydrogens (tertiary/aromatic N) is 5. The number of aromatic nitrogens is 3. The van der Waals surface area contributed by atoms with Gasteiger partial charge in [-0.15, -0.1) is 11.3 Å². The van der Waals surface area contributed by atoms with Crippen LogP contribution in [0.15, 0.2) is 30.3 Å². The second-order valence-electron chi connectivity index (χ2n) is 5.74. The highest BCUT2D eigenvalue weighted by Crippen LogP contribution is 2.43. The molecule has 2 aromatic heterocycles. The number of anilines is 2. The zero-order valence-corrected chi connectivity index (χ0v) is 12.3. The molecule has 1 atom stereocenters. The molecule has 0 saturated carbocycles. The third-order valence-electron chi connectivity index (χ3n) is 4.31. The minimum atomic E-state index is 0.0403. The summed E-state index contributed by atoms with van der Waals surface area (Å²) in [6.45, 7) is 2.62. The van der Waals surface area contributed by atoms with E-state index in [2.05, 4.69) is 19.9 Å². The zero-order valence-electron chi connectivity index (χ0n) is 11.5. The number of rotatable bonds is 2. The Labute approximate surface area is 126 Å². The molecular weight excluding hydrogens is 286 g/mol. The lowest BCUT2D eigenvalue weighted by atomic mass is 9.86. The van der Waals surface area contributed by atoms with Gasteiger partial charge in [0.25, 0.3) is 0 Å². The van der Waals surface area contributed by atoms with Crippen molar-refractivity contribution in [3.05, 3.63) is 30.3 Å². The van der Waals surface area contributed by atoms with Gasteiger partial charge in [-0.25, -0.2) is 15.0 Å². The quantitative estimate of drug-likeness (QED) is 0.842. The minimum Gasteiger partial charge on any atom is -0.347 e. The van der Waals surface area contributed by atoms with Crippen LogP contribution < -0.4 is 9.80 Å². The van der Waals surface area contributed by atoms with E-state index in [-0.39, 0.29) is 11.3 Å². The van der Waals surface area contributed by atoms with Gasteiger partial charge in [0, 0.05) is 43.0 Å². The van der Waals surface area contributed by atoms with Crippen LogP contribution in [0.5, 0.6) is 0 Å². The Kier molecular flexibility index (Phi) is 2.88. The highest BCUT2D eigenvalue weighted by molar-refractivity contribution is 7.13. The fraction of sp³-hybridized carbons (Fsp3) is 0.429. The molecule has 0 aromatic carbocycles. The Morgan fingerprint density at radius 1 is 1.24 bits per heavy atom. The lowest BCUT2D eigenvalue weighted by molar-refractivity contribution is -0.117. The highest BCUT2D eigenvalue weighted by atomic mass is 32.1. The van der Waals surface area contributed by atoms with Gasteiger partial charge in [0.1, 0.15) is 6.33 Å². The molecule has 6 nitrogen and oxygen atoms in total. The summed E-state index contributed by atoms with van der Waals surface area (Å²) in [7, 11) is 0. The molecule has 1 spiro atoms. The smallest absolute Gasteiger partial charge is 0.227 e. The molecule has 21 heavy (non-hydrogen) atoms. The van der Waals surface area contributed by atoms with Crippen LogP contribution in [0.25, 0.3) is 0 Å². The fourth-order valence-corrected chi connectivity index (χ4v) is 3.98. The third-order valence-corrected chi connectivity index (χ3v) is 5.14. The summed E-state index contributed by atoms with van der Waals surface area (Å²) in [6.07, 6.45) is 8.36. The highest BCUT2D eigenvalue weighted by Gasteiger charge is 2.48. The summed E-state index contributed by atoms with van der Waals surface area (Å²) in [5.74, 6) is 0.172. The molecule has 2 saturated heterocycles. The lowest BCUT2D eigenvalue weighted by Gasteiger charge is -2.23. The Morgan fingerprint density at radius 3 is 2.86 bits per heavy atom. The summed E-state index contributed by atoms with van der Waals surface area (Å²) < 4.78 is 0. The molecule has 0 radical (unpaired) electrons. The first-order valence-electron chi connectivity index (χ1n) is 6.96. The number of hydrogen-bond donors (Lipinski definition) is 0. The van der Waals surface area contributed by atoms with E-state index >= 15 is 0 Å². The molecule has 2 aliphatic rings. The summed E-state index contributed by atoms with van der Waals surface area (Å²) in [6, 6.07) is 0. The van der Waals surface area contributed by atoms with Gasteiger partial charge in [-0.3, -0.25) is 4.79 Å². The zero-order chi connectivity index (χ0) is 14.3. The molecule has 2 aliphatic heterocycles. The molecule has 0 N–H and O–H groups in total. The molecule has 0 aliphatic carbocycles. The van der Waals surface area contributed by atoms with Crippen molar-refractivity contribution in [3.8, 4) is 0 Å². The van der Waals surface area contributed by atoms with E-state index in [1.807, 2.05) is 16.5 Å². The minimum absolute atomic E-state index is 0.0403. The van der Waals surface area contributed by atoms with E-state index in [0.717, 1.165) is 36.9 Å². The molecule has 0 bridgehead atoms. The second kappa shape index (κ2) is 4.77. The molecule has 0 unspecified atom stereocenters. The predicted octanol–water partition coefficient (Wildman–Crippen LogP) is 1.57. The van der Waals surface area contributed by atoms with Crippen LogP contribution in [0.2, 0.25) is 0 Å². The third kappa shape index (κ3) is 2.17. The predicted molar refractivity (Wildman–Crippen MR) is 80.4 cm³/mol. The van der Waals surface area contributed by atoms with Crippen LogP contribution >= 0.6 is 11.3 Å². The molecular formula is C14H15N5OS. The number of amides is 1. The van der Waals surface area contributed by atoms with Crippen molar-refractivity contribution in [2.45, 2.75) is 12.8 Å². The summed E-state index contributed by atoms with van der Waals surface area (Å²) in [4.78, 5) is 28.9. The normalized spacial score (nSPS) is 25.2. The maximum atomic E-state index is 12.4. The molecule has 108 valence electrons. The maximum absolute atomic E-state index is 12.4. The van der Waals surface area contributed by atoms with E-state index in [4.69, 9.17) is 0 Å². The number of carbonyl (C=O) groups excluding carboxylic acids is 1. The first kappa shape index (κ1) is 12.7. The number of hydrogen-bond acceptors (Lipinski definition) is 6. The van der Waals surface area contributed by atoms with Crippen LogP contribution in [0.4, 0.5) is 10.8 Å². The Balaban J connectivity index is 1.54. The van der Waals surface area contributed by atoms with Gasteiger partial charge >= 0.3 is 0 Å². The lowest BCUT2D eigenvalue weighted by Crippen LogP contribution is -2.31. The van der Waals surface area contributed by atoms with Crippen molar-refractivity contribution < 1.29 is 4.79 Å². The van der Waals surface area contributed by atoms with Gasteiger partial charge in [0.15, 0.2) is 5.13 Å². The fourth-order valence-electron chi connectivity index (χ4n) is 3.31. The van der Waals surface area contributed by atoms with Crippen LogP contribution in [-0.4, -0.2) is 40.5 Å². The van der Waals surface area contributed by atoms with Gasteiger partial charge < -0.3 is 9.80 Å². The number of carbonyl (C=O) groups is 1. The molecule has 1 amide bonds. The van der Waals surface area contributed by atoms with Crippen LogP contribution in [-0.2, 0) is 4.79 Å². The van der Waals surface area contributed by atoms with Crippen LogP contribution in [0.1, 0.15) is 12.8 Å². The van der Waals surface area contributed by atoms with Crippen molar-refractivity contribution in [2.75, 3.05) is 29.4 Å². The SMILES string of the molecule is O=C1C[C@]2(CCN(c3nccs3)C2)CN1c1cncnc1. The Hall–Kier alpha value is -2.02. The van der Waals surface area contributed by atoms with Crippen LogP contribution in [0.3, 0.4) is 0 Å². The average molecular weight is 301 g/mol. The Morgan fingerprint density at radius 2 is 2.10 bits per heavy atom. The van der Waals surface area contributed by atoms with Crippen LogP contribution in [0, 0.1) is 5.41 Å². The average Bonchev–Trinajstić information content (AvgIpc) is 3.21. The van der Waals surface area contributed by atoms with Gasteiger partial charge in [-0.05, 0) is 6.42 Å². The Bertz CT molecular complexity index is 647. The van der Waals surface area contributed by atoms with E-state index in [1.165, 1.54) is 6.33 Å². The van der Waals surface area contributed by atoms with E-state index in [9.17, 15) is 4.79 Å². The standard InChI is InChI=1S/C14H15N5OS/c20-12-5-14(9-19(12)11-6-15-10-16-7-11)1-3-18(8-14)13-17-2-4-21-13/h2,4,6-7,10H,1,3,5,8-9H2/t14-/m0/s1. The molecule has 7 heteroatoms. The molecule has 2 fully saturated rings. The second-order valence-corrected chi connectivity index (χ2v) is 6.61. The van der Waals surface area contributed by atoms with E-state index < -0.39 is 0 Å². The molecule has 4 rings (SSSR count). The monoisotopic (exact) mass is 301 g/mol. The summed E-state index contributed by atoms with van der Waals surface area (Å²) in [5, 5.41) is 3.05. The first-order chi connectivity index (χ1) is 10.3. The van der Waals surface area contributed by atoms with Gasteiger partial charge in [0.2, 0.25) is 5.91 Å². The molecule has 2 aromatic rings. The van der Waals surface area contributed by atoms with Crippen molar-refractivity contribution in [1.29, 1.82) is 0 Å². The largest absolute Gasteiger partial charge is 0.347 e. The topological polar surface area (TPSA) is 62.2 Å². The van der Waals surface area contributed by atoms with Crippen molar-refractivity contribution in [1.82, 2.24) is 15.0 Å². The van der Waals surface area contributed by atoms with E-state index in [0.29, 0.717) is 6.42 Å². The first-order valence-corrected chi connectivity index (χ1v) is 7.84. The maximum Gasteiger partial charge on any atom is 0.227 e. The van der Waals surface area contributed by atoms with Crippen molar-refractivity contribution in [2.24, 2.45) is 5.41 Å². The van der Waals surface area contributed by atoms with Gasteiger partial charge in [-0.2, -0.15) is 0 Å². The van der Waals surface area contributed by atoms with E-state index in [1.54, 1.807) is 23.7 Å². The number of thiazole rings is 1. The van der Waals surface area contributed by atoms with Gasteiger partial charge in [0.05, 0.1) is 18.1 Å². The van der Waals surface area contributed by atoms with Crippen molar-refractivity contribution >= 4 is 28.1 Å². The summed E-state index contributed by atoms with van der Waals surface area (Å²) >= 11 is 1.66. The van der Waals surface area contributed by atoms with Gasteiger partial charge in [-0.1, -0.05) is 0 Å². The van der Waals surface area contributed by atoms with Crippen molar-refractivity contribution in [3.63, 3.8) is 0 Å².